The van der Waals surface area contributed by atoms with Gasteiger partial charge in [0.15, 0.2) is 9.84 Å². The van der Waals surface area contributed by atoms with Crippen molar-refractivity contribution in [3.63, 3.8) is 0 Å². The lowest BCUT2D eigenvalue weighted by atomic mass is 10.0. The summed E-state index contributed by atoms with van der Waals surface area (Å²) in [5.41, 5.74) is 3.88. The van der Waals surface area contributed by atoms with Gasteiger partial charge in [0, 0.05) is 6.26 Å². The zero-order valence-corrected chi connectivity index (χ0v) is 15.3. The van der Waals surface area contributed by atoms with Gasteiger partial charge in [-0.1, -0.05) is 30.4 Å². The van der Waals surface area contributed by atoms with E-state index in [4.69, 9.17) is 0 Å². The smallest absolute Gasteiger partial charge is 0.224 e. The molecule has 0 atom stereocenters. The van der Waals surface area contributed by atoms with Crippen LogP contribution >= 0.6 is 0 Å². The van der Waals surface area contributed by atoms with E-state index in [9.17, 15) is 21.6 Å². The predicted molar refractivity (Wildman–Crippen MR) is 96.0 cm³/mol. The summed E-state index contributed by atoms with van der Waals surface area (Å²) in [6.45, 7) is 4.95. The molecule has 138 valence electrons. The summed E-state index contributed by atoms with van der Waals surface area (Å²) in [6.07, 6.45) is 4.71. The quantitative estimate of drug-likeness (QED) is 0.633. The fraction of sp³-hybridized carbons (Fsp3) is 0.368. The Kier molecular flexibility index (Phi) is 7.67. The third kappa shape index (κ3) is 7.30. The van der Waals surface area contributed by atoms with Crippen LogP contribution < -0.4 is 0 Å². The minimum Gasteiger partial charge on any atom is -0.224 e. The van der Waals surface area contributed by atoms with E-state index in [0.717, 1.165) is 24.5 Å². The minimum atomic E-state index is -4.07. The molecule has 0 unspecified atom stereocenters. The van der Waals surface area contributed by atoms with Crippen LogP contribution in [0.5, 0.6) is 0 Å². The zero-order valence-electron chi connectivity index (χ0n) is 14.4. The number of hydrogen-bond donors (Lipinski definition) is 0. The number of sulfone groups is 1. The molecule has 0 heterocycles. The Balaban J connectivity index is 0.000000381. The molecule has 0 fully saturated rings. The van der Waals surface area contributed by atoms with Crippen molar-refractivity contribution in [2.24, 2.45) is 0 Å². The molecule has 0 saturated carbocycles. The zero-order chi connectivity index (χ0) is 19.1. The van der Waals surface area contributed by atoms with Crippen LogP contribution in [0.25, 0.3) is 5.57 Å². The Morgan fingerprint density at radius 1 is 1.16 bits per heavy atom. The number of allylic oxidation sites excluding steroid dienone is 5. The van der Waals surface area contributed by atoms with Gasteiger partial charge in [-0.25, -0.2) is 8.42 Å². The summed E-state index contributed by atoms with van der Waals surface area (Å²) in [7, 11) is -3.10. The highest BCUT2D eigenvalue weighted by molar-refractivity contribution is 7.90. The van der Waals surface area contributed by atoms with Crippen LogP contribution in [0.3, 0.4) is 0 Å². The Hall–Kier alpha value is -1.82. The molecule has 0 amide bonds. The highest BCUT2D eigenvalue weighted by atomic mass is 32.2. The van der Waals surface area contributed by atoms with Gasteiger partial charge in [0.1, 0.15) is 0 Å². The van der Waals surface area contributed by atoms with E-state index in [1.54, 1.807) is 12.1 Å². The molecule has 1 aliphatic rings. The van der Waals surface area contributed by atoms with E-state index in [-0.39, 0.29) is 0 Å². The molecule has 0 aromatic heterocycles. The largest absolute Gasteiger partial charge is 0.392 e. The Bertz CT molecular complexity index is 740. The molecular formula is C19H23F3O2S. The lowest BCUT2D eigenvalue weighted by molar-refractivity contribution is -0.124. The summed E-state index contributed by atoms with van der Waals surface area (Å²) in [4.78, 5) is 0.387. The SMILES string of the molecule is C/C=C/C1=C(c2ccc(S(C)(=O)=O)cc2)CCC1.C=CCC(F)(F)F. The highest BCUT2D eigenvalue weighted by Crippen LogP contribution is 2.34. The summed E-state index contributed by atoms with van der Waals surface area (Å²) in [5, 5.41) is 0. The van der Waals surface area contributed by atoms with Crippen molar-refractivity contribution in [1.82, 2.24) is 0 Å². The van der Waals surface area contributed by atoms with Gasteiger partial charge in [0.05, 0.1) is 11.3 Å². The van der Waals surface area contributed by atoms with Crippen LogP contribution in [0.4, 0.5) is 13.2 Å². The second-order valence-corrected chi connectivity index (χ2v) is 7.78. The normalized spacial score (nSPS) is 15.2. The first kappa shape index (κ1) is 21.2. The average molecular weight is 372 g/mol. The molecule has 1 aliphatic carbocycles. The summed E-state index contributed by atoms with van der Waals surface area (Å²) >= 11 is 0. The van der Waals surface area contributed by atoms with Crippen LogP contribution in [0, 0.1) is 0 Å². The Labute approximate surface area is 147 Å². The fourth-order valence-corrected chi connectivity index (χ4v) is 3.18. The van der Waals surface area contributed by atoms with Gasteiger partial charge in [-0.2, -0.15) is 13.2 Å². The molecule has 6 heteroatoms. The molecular weight excluding hydrogens is 349 g/mol. The first-order valence-electron chi connectivity index (χ1n) is 7.91. The number of benzene rings is 1. The fourth-order valence-electron chi connectivity index (χ4n) is 2.55. The van der Waals surface area contributed by atoms with Gasteiger partial charge < -0.3 is 0 Å². The summed E-state index contributed by atoms with van der Waals surface area (Å²) in [6, 6.07) is 7.23. The van der Waals surface area contributed by atoms with Gasteiger partial charge in [-0.3, -0.25) is 0 Å². The van der Waals surface area contributed by atoms with Crippen molar-refractivity contribution in [3.8, 4) is 0 Å². The van der Waals surface area contributed by atoms with E-state index in [2.05, 4.69) is 18.7 Å². The molecule has 25 heavy (non-hydrogen) atoms. The third-order valence-electron chi connectivity index (χ3n) is 3.64. The molecule has 0 bridgehead atoms. The van der Waals surface area contributed by atoms with Crippen molar-refractivity contribution in [2.75, 3.05) is 6.26 Å². The minimum absolute atomic E-state index is 0.387. The van der Waals surface area contributed by atoms with Crippen molar-refractivity contribution in [2.45, 2.75) is 43.7 Å². The van der Waals surface area contributed by atoms with Crippen molar-refractivity contribution >= 4 is 15.4 Å². The molecule has 0 N–H and O–H groups in total. The first-order chi connectivity index (χ1) is 11.6. The number of halogens is 3. The van der Waals surface area contributed by atoms with Crippen molar-refractivity contribution in [1.29, 1.82) is 0 Å². The van der Waals surface area contributed by atoms with Gasteiger partial charge >= 0.3 is 6.18 Å². The molecule has 0 radical (unpaired) electrons. The van der Waals surface area contributed by atoms with Gasteiger partial charge in [0.25, 0.3) is 0 Å². The van der Waals surface area contributed by atoms with Crippen LogP contribution in [0.15, 0.2) is 59.5 Å². The Morgan fingerprint density at radius 3 is 2.16 bits per heavy atom. The summed E-state index contributed by atoms with van der Waals surface area (Å²) in [5.74, 6) is 0. The number of alkyl halides is 3. The maximum Gasteiger partial charge on any atom is 0.392 e. The number of hydrogen-bond acceptors (Lipinski definition) is 2. The standard InChI is InChI=1S/C15H18O2S.C4H5F3/c1-3-5-12-6-4-7-15(12)13-8-10-14(11-9-13)18(2,16)17;1-2-3-4(5,6)7/h3,5,8-11H,4,6-7H2,1-2H3;2H,1,3H2/b5-3+;. The molecule has 2 rings (SSSR count). The summed E-state index contributed by atoms with van der Waals surface area (Å²) < 4.78 is 55.8. The van der Waals surface area contributed by atoms with E-state index in [0.29, 0.717) is 4.90 Å². The number of rotatable bonds is 4. The topological polar surface area (TPSA) is 34.1 Å². The van der Waals surface area contributed by atoms with Crippen LogP contribution in [-0.2, 0) is 9.84 Å². The third-order valence-corrected chi connectivity index (χ3v) is 4.76. The maximum atomic E-state index is 11.4. The maximum absolute atomic E-state index is 11.4. The van der Waals surface area contributed by atoms with Crippen LogP contribution in [0.2, 0.25) is 0 Å². The molecule has 1 aromatic rings. The van der Waals surface area contributed by atoms with Crippen LogP contribution in [-0.4, -0.2) is 20.8 Å². The average Bonchev–Trinajstić information content (AvgIpc) is 2.94. The lowest BCUT2D eigenvalue weighted by Crippen LogP contribution is -2.03. The second kappa shape index (κ2) is 9.04. The molecule has 0 saturated heterocycles. The molecule has 1 aromatic carbocycles. The van der Waals surface area contributed by atoms with Gasteiger partial charge in [0.2, 0.25) is 0 Å². The van der Waals surface area contributed by atoms with E-state index < -0.39 is 22.4 Å². The molecule has 0 aliphatic heterocycles. The second-order valence-electron chi connectivity index (χ2n) is 5.76. The first-order valence-corrected chi connectivity index (χ1v) is 9.80. The van der Waals surface area contributed by atoms with E-state index >= 15 is 0 Å². The Morgan fingerprint density at radius 2 is 1.76 bits per heavy atom. The lowest BCUT2D eigenvalue weighted by Gasteiger charge is -2.06. The highest BCUT2D eigenvalue weighted by Gasteiger charge is 2.23. The van der Waals surface area contributed by atoms with Gasteiger partial charge in [-0.15, -0.1) is 6.58 Å². The monoisotopic (exact) mass is 372 g/mol. The molecule has 0 spiro atoms. The molecule has 2 nitrogen and oxygen atoms in total. The van der Waals surface area contributed by atoms with Crippen molar-refractivity contribution in [3.05, 3.63) is 60.2 Å². The van der Waals surface area contributed by atoms with E-state index in [1.165, 1.54) is 23.8 Å². The van der Waals surface area contributed by atoms with Crippen LogP contribution in [0.1, 0.15) is 38.2 Å². The predicted octanol–water partition coefficient (Wildman–Crippen LogP) is 5.73. The van der Waals surface area contributed by atoms with Gasteiger partial charge in [-0.05, 0) is 55.0 Å². The van der Waals surface area contributed by atoms with E-state index in [1.807, 2.05) is 19.1 Å². The van der Waals surface area contributed by atoms with Crippen molar-refractivity contribution < 1.29 is 21.6 Å².